The first-order valence-corrected chi connectivity index (χ1v) is 5.28. The number of nitrogen functional groups attached to an aromatic ring is 1. The van der Waals surface area contributed by atoms with Crippen LogP contribution in [0.3, 0.4) is 0 Å². The van der Waals surface area contributed by atoms with Gasteiger partial charge in [0.2, 0.25) is 0 Å². The van der Waals surface area contributed by atoms with Crippen LogP contribution < -0.4 is 11.3 Å². The van der Waals surface area contributed by atoms with Crippen LogP contribution in [0.4, 0.5) is 10.1 Å². The molecule has 0 aliphatic heterocycles. The van der Waals surface area contributed by atoms with Crippen molar-refractivity contribution in [1.29, 1.82) is 0 Å². The molecule has 0 amide bonds. The Hall–Kier alpha value is -2.10. The Morgan fingerprint density at radius 3 is 2.76 bits per heavy atom. The van der Waals surface area contributed by atoms with E-state index in [4.69, 9.17) is 5.73 Å². The van der Waals surface area contributed by atoms with Gasteiger partial charge in [-0.3, -0.25) is 4.79 Å². The van der Waals surface area contributed by atoms with E-state index < -0.39 is 0 Å². The van der Waals surface area contributed by atoms with E-state index in [0.717, 1.165) is 5.69 Å². The number of nitrogens with two attached hydrogens (primary N) is 1. The Labute approximate surface area is 98.3 Å². The fraction of sp³-hybridized carbons (Fsp3) is 0.154. The molecule has 2 rings (SSSR count). The molecule has 17 heavy (non-hydrogen) atoms. The Bertz CT molecular complexity index is 605. The first kappa shape index (κ1) is 11.4. The second-order valence-electron chi connectivity index (χ2n) is 3.93. The van der Waals surface area contributed by atoms with Crippen molar-refractivity contribution < 1.29 is 4.39 Å². The van der Waals surface area contributed by atoms with Crippen molar-refractivity contribution in [3.8, 4) is 0 Å². The van der Waals surface area contributed by atoms with Crippen LogP contribution >= 0.6 is 0 Å². The second kappa shape index (κ2) is 4.41. The monoisotopic (exact) mass is 232 g/mol. The lowest BCUT2D eigenvalue weighted by molar-refractivity contribution is 0.622. The molecule has 0 unspecified atom stereocenters. The average molecular weight is 232 g/mol. The van der Waals surface area contributed by atoms with Gasteiger partial charge in [0.05, 0.1) is 6.54 Å². The summed E-state index contributed by atoms with van der Waals surface area (Å²) in [6, 6.07) is 9.17. The summed E-state index contributed by atoms with van der Waals surface area (Å²) in [5.41, 5.74) is 7.56. The van der Waals surface area contributed by atoms with E-state index in [1.165, 1.54) is 24.3 Å². The molecule has 1 aromatic heterocycles. The van der Waals surface area contributed by atoms with E-state index in [0.29, 0.717) is 11.3 Å². The summed E-state index contributed by atoms with van der Waals surface area (Å²) in [5, 5.41) is 0. The van der Waals surface area contributed by atoms with Gasteiger partial charge in [-0.2, -0.15) is 0 Å². The molecule has 3 nitrogen and oxygen atoms in total. The van der Waals surface area contributed by atoms with Crippen LogP contribution in [0.2, 0.25) is 0 Å². The zero-order valence-corrected chi connectivity index (χ0v) is 9.48. The van der Waals surface area contributed by atoms with Gasteiger partial charge in [0.25, 0.3) is 5.56 Å². The van der Waals surface area contributed by atoms with Crippen LogP contribution in [-0.4, -0.2) is 4.57 Å². The van der Waals surface area contributed by atoms with Crippen molar-refractivity contribution >= 4 is 5.69 Å². The Morgan fingerprint density at radius 1 is 1.29 bits per heavy atom. The SMILES string of the molecule is Cc1cccc(=O)n1Cc1cc(F)ccc1N. The number of hydrogen-bond donors (Lipinski definition) is 1. The molecule has 0 saturated heterocycles. The molecular formula is C13H13FN2O. The van der Waals surface area contributed by atoms with Gasteiger partial charge in [0.1, 0.15) is 5.82 Å². The quantitative estimate of drug-likeness (QED) is 0.804. The summed E-state index contributed by atoms with van der Waals surface area (Å²) in [6.45, 7) is 2.12. The summed E-state index contributed by atoms with van der Waals surface area (Å²) in [4.78, 5) is 11.7. The van der Waals surface area contributed by atoms with E-state index in [1.807, 2.05) is 13.0 Å². The van der Waals surface area contributed by atoms with Crippen LogP contribution in [0.5, 0.6) is 0 Å². The lowest BCUT2D eigenvalue weighted by Crippen LogP contribution is -2.22. The van der Waals surface area contributed by atoms with Gasteiger partial charge in [-0.1, -0.05) is 6.07 Å². The third kappa shape index (κ3) is 2.36. The van der Waals surface area contributed by atoms with E-state index in [-0.39, 0.29) is 17.9 Å². The second-order valence-corrected chi connectivity index (χ2v) is 3.93. The minimum Gasteiger partial charge on any atom is -0.398 e. The first-order chi connectivity index (χ1) is 8.08. The average Bonchev–Trinajstić information content (AvgIpc) is 2.28. The summed E-state index contributed by atoms with van der Waals surface area (Å²) in [5.74, 6) is -0.351. The first-order valence-electron chi connectivity index (χ1n) is 5.28. The van der Waals surface area contributed by atoms with Crippen molar-refractivity contribution in [2.75, 3.05) is 5.73 Å². The standard InChI is InChI=1S/C13H13FN2O/c1-9-3-2-4-13(17)16(9)8-10-7-11(14)5-6-12(10)15/h2-7H,8,15H2,1H3. The van der Waals surface area contributed by atoms with Gasteiger partial charge in [0, 0.05) is 17.4 Å². The number of hydrogen-bond acceptors (Lipinski definition) is 2. The number of aromatic nitrogens is 1. The zero-order valence-electron chi connectivity index (χ0n) is 9.48. The number of pyridine rings is 1. The van der Waals surface area contributed by atoms with Crippen molar-refractivity contribution in [1.82, 2.24) is 4.57 Å². The normalized spacial score (nSPS) is 10.5. The number of anilines is 1. The molecule has 2 aromatic rings. The maximum atomic E-state index is 13.1. The Balaban J connectivity index is 2.45. The van der Waals surface area contributed by atoms with Crippen LogP contribution in [0.1, 0.15) is 11.3 Å². The fourth-order valence-electron chi connectivity index (χ4n) is 1.71. The Kier molecular flexibility index (Phi) is 2.95. The summed E-state index contributed by atoms with van der Waals surface area (Å²) in [7, 11) is 0. The smallest absolute Gasteiger partial charge is 0.251 e. The number of nitrogens with zero attached hydrogens (tertiary/aromatic N) is 1. The topological polar surface area (TPSA) is 48.0 Å². The molecule has 0 aliphatic carbocycles. The summed E-state index contributed by atoms with van der Waals surface area (Å²) >= 11 is 0. The van der Waals surface area contributed by atoms with Gasteiger partial charge in [-0.05, 0) is 36.8 Å². The molecule has 0 saturated carbocycles. The third-order valence-corrected chi connectivity index (χ3v) is 2.70. The number of rotatable bonds is 2. The molecule has 4 heteroatoms. The molecule has 1 heterocycles. The molecule has 0 bridgehead atoms. The summed E-state index contributed by atoms with van der Waals surface area (Å²) in [6.07, 6.45) is 0. The molecule has 0 fully saturated rings. The van der Waals surface area contributed by atoms with Gasteiger partial charge in [-0.15, -0.1) is 0 Å². The fourth-order valence-corrected chi connectivity index (χ4v) is 1.71. The summed E-state index contributed by atoms with van der Waals surface area (Å²) < 4.78 is 14.7. The molecule has 88 valence electrons. The highest BCUT2D eigenvalue weighted by Crippen LogP contribution is 2.14. The minimum absolute atomic E-state index is 0.117. The molecular weight excluding hydrogens is 219 g/mol. The van der Waals surface area contributed by atoms with Gasteiger partial charge in [0.15, 0.2) is 0 Å². The van der Waals surface area contributed by atoms with E-state index >= 15 is 0 Å². The third-order valence-electron chi connectivity index (χ3n) is 2.70. The van der Waals surface area contributed by atoms with Crippen molar-refractivity contribution in [3.05, 3.63) is 63.8 Å². The van der Waals surface area contributed by atoms with Crippen LogP contribution in [0, 0.1) is 12.7 Å². The van der Waals surface area contributed by atoms with Gasteiger partial charge in [-0.25, -0.2) is 4.39 Å². The maximum absolute atomic E-state index is 13.1. The van der Waals surface area contributed by atoms with Crippen molar-refractivity contribution in [2.24, 2.45) is 0 Å². The number of aryl methyl sites for hydroxylation is 1. The largest absolute Gasteiger partial charge is 0.398 e. The van der Waals surface area contributed by atoms with Gasteiger partial charge >= 0.3 is 0 Å². The Morgan fingerprint density at radius 2 is 2.06 bits per heavy atom. The molecule has 0 radical (unpaired) electrons. The van der Waals surface area contributed by atoms with E-state index in [9.17, 15) is 9.18 Å². The predicted molar refractivity (Wildman–Crippen MR) is 65.4 cm³/mol. The molecule has 0 atom stereocenters. The molecule has 2 N–H and O–H groups in total. The van der Waals surface area contributed by atoms with Crippen LogP contribution in [0.15, 0.2) is 41.2 Å². The molecule has 1 aromatic carbocycles. The highest BCUT2D eigenvalue weighted by Gasteiger charge is 2.05. The predicted octanol–water partition coefficient (Wildman–Crippen LogP) is 1.93. The highest BCUT2D eigenvalue weighted by atomic mass is 19.1. The molecule has 0 aliphatic rings. The maximum Gasteiger partial charge on any atom is 0.251 e. The van der Waals surface area contributed by atoms with Gasteiger partial charge < -0.3 is 10.3 Å². The number of halogens is 1. The highest BCUT2D eigenvalue weighted by molar-refractivity contribution is 5.46. The zero-order chi connectivity index (χ0) is 12.4. The lowest BCUT2D eigenvalue weighted by atomic mass is 10.1. The van der Waals surface area contributed by atoms with Crippen LogP contribution in [-0.2, 0) is 6.54 Å². The molecule has 0 spiro atoms. The lowest BCUT2D eigenvalue weighted by Gasteiger charge is -2.11. The number of benzene rings is 1. The van der Waals surface area contributed by atoms with E-state index in [2.05, 4.69) is 0 Å². The van der Waals surface area contributed by atoms with Crippen molar-refractivity contribution in [2.45, 2.75) is 13.5 Å². The van der Waals surface area contributed by atoms with Crippen LogP contribution in [0.25, 0.3) is 0 Å². The van der Waals surface area contributed by atoms with Crippen molar-refractivity contribution in [3.63, 3.8) is 0 Å². The minimum atomic E-state index is -0.351. The van der Waals surface area contributed by atoms with E-state index in [1.54, 1.807) is 10.6 Å².